The Hall–Kier alpha value is -1.01. The van der Waals surface area contributed by atoms with Gasteiger partial charge in [0.2, 0.25) is 0 Å². The summed E-state index contributed by atoms with van der Waals surface area (Å²) in [6, 6.07) is 3.63. The van der Waals surface area contributed by atoms with E-state index in [1.54, 1.807) is 0 Å². The van der Waals surface area contributed by atoms with Crippen molar-refractivity contribution in [2.45, 2.75) is 6.04 Å². The van der Waals surface area contributed by atoms with Gasteiger partial charge < -0.3 is 25.6 Å². The van der Waals surface area contributed by atoms with E-state index in [-0.39, 0.29) is 12.6 Å². The van der Waals surface area contributed by atoms with E-state index < -0.39 is 0 Å². The number of benzene rings is 1. The molecule has 0 bridgehead atoms. The van der Waals surface area contributed by atoms with Gasteiger partial charge in [0, 0.05) is 19.1 Å². The molecule has 0 saturated heterocycles. The first kappa shape index (κ1) is 13.4. The van der Waals surface area contributed by atoms with Crippen LogP contribution in [0.3, 0.4) is 0 Å². The van der Waals surface area contributed by atoms with Gasteiger partial charge >= 0.3 is 0 Å². The lowest BCUT2D eigenvalue weighted by Crippen LogP contribution is -2.30. The molecule has 100 valence electrons. The summed E-state index contributed by atoms with van der Waals surface area (Å²) in [6.45, 7) is 1.98. The van der Waals surface area contributed by atoms with Crippen molar-refractivity contribution in [3.8, 4) is 11.5 Å². The lowest BCUT2D eigenvalue weighted by molar-refractivity contribution is 0.171. The topological polar surface area (TPSA) is 76.7 Å². The Kier molecular flexibility index (Phi) is 4.66. The van der Waals surface area contributed by atoms with Crippen LogP contribution in [-0.4, -0.2) is 38.0 Å². The Morgan fingerprint density at radius 3 is 2.89 bits per heavy atom. The third-order valence-corrected chi connectivity index (χ3v) is 3.04. The lowest BCUT2D eigenvalue weighted by Gasteiger charge is -2.23. The molecule has 0 spiro atoms. The number of halogens is 1. The van der Waals surface area contributed by atoms with Gasteiger partial charge in [0.1, 0.15) is 13.2 Å². The maximum atomic E-state index is 8.83. The lowest BCUT2D eigenvalue weighted by atomic mass is 10.1. The van der Waals surface area contributed by atoms with Crippen LogP contribution in [0.1, 0.15) is 11.6 Å². The highest BCUT2D eigenvalue weighted by molar-refractivity contribution is 6.32. The number of nitrogens with one attached hydrogen (secondary N) is 1. The highest BCUT2D eigenvalue weighted by Crippen LogP contribution is 2.39. The first-order valence-corrected chi connectivity index (χ1v) is 6.27. The van der Waals surface area contributed by atoms with Crippen molar-refractivity contribution in [1.29, 1.82) is 0 Å². The number of fused-ring (bicyclic) bond motifs is 1. The molecule has 1 aromatic rings. The fraction of sp³-hybridized carbons (Fsp3) is 0.500. The molecular weight excluding hydrogens is 256 g/mol. The van der Waals surface area contributed by atoms with Crippen molar-refractivity contribution in [1.82, 2.24) is 5.32 Å². The van der Waals surface area contributed by atoms with E-state index in [1.807, 2.05) is 12.1 Å². The summed E-state index contributed by atoms with van der Waals surface area (Å²) in [5.74, 6) is 1.23. The number of aliphatic hydroxyl groups excluding tert-OH is 1. The van der Waals surface area contributed by atoms with Crippen LogP contribution in [0.4, 0.5) is 0 Å². The Labute approximate surface area is 111 Å². The van der Waals surface area contributed by atoms with Crippen LogP contribution in [0.2, 0.25) is 5.02 Å². The molecule has 5 nitrogen and oxygen atoms in total. The summed E-state index contributed by atoms with van der Waals surface area (Å²) >= 11 is 6.16. The summed E-state index contributed by atoms with van der Waals surface area (Å²) in [5, 5.41) is 12.5. The molecule has 0 saturated carbocycles. The average Bonchev–Trinajstić information content (AvgIpc) is 2.40. The van der Waals surface area contributed by atoms with Gasteiger partial charge in [-0.3, -0.25) is 0 Å². The maximum Gasteiger partial charge on any atom is 0.179 e. The number of hydrogen-bond donors (Lipinski definition) is 3. The average molecular weight is 273 g/mol. The quantitative estimate of drug-likeness (QED) is 0.735. The minimum Gasteiger partial charge on any atom is -0.486 e. The minimum atomic E-state index is -0.0644. The van der Waals surface area contributed by atoms with Crippen LogP contribution >= 0.6 is 11.6 Å². The second kappa shape index (κ2) is 6.24. The molecule has 2 rings (SSSR count). The zero-order valence-electron chi connectivity index (χ0n) is 9.99. The van der Waals surface area contributed by atoms with Crippen LogP contribution in [0, 0.1) is 0 Å². The van der Waals surface area contributed by atoms with E-state index in [4.69, 9.17) is 31.9 Å². The fourth-order valence-corrected chi connectivity index (χ4v) is 2.18. The molecule has 0 fully saturated rings. The summed E-state index contributed by atoms with van der Waals surface area (Å²) in [7, 11) is 0. The zero-order chi connectivity index (χ0) is 13.0. The van der Waals surface area contributed by atoms with Crippen LogP contribution in [0.15, 0.2) is 12.1 Å². The van der Waals surface area contributed by atoms with Crippen molar-refractivity contribution in [3.63, 3.8) is 0 Å². The summed E-state index contributed by atoms with van der Waals surface area (Å²) in [6.07, 6.45) is 0. The first-order valence-electron chi connectivity index (χ1n) is 5.89. The van der Waals surface area contributed by atoms with Crippen LogP contribution in [-0.2, 0) is 0 Å². The Morgan fingerprint density at radius 1 is 1.39 bits per heavy atom. The predicted molar refractivity (Wildman–Crippen MR) is 69.3 cm³/mol. The highest BCUT2D eigenvalue weighted by atomic mass is 35.5. The smallest absolute Gasteiger partial charge is 0.179 e. The summed E-state index contributed by atoms with van der Waals surface area (Å²) < 4.78 is 11.0. The van der Waals surface area contributed by atoms with Gasteiger partial charge in [-0.25, -0.2) is 0 Å². The first-order chi connectivity index (χ1) is 8.76. The molecule has 1 atom stereocenters. The third kappa shape index (κ3) is 2.87. The normalized spacial score (nSPS) is 15.5. The van der Waals surface area contributed by atoms with Crippen molar-refractivity contribution >= 4 is 11.6 Å². The van der Waals surface area contributed by atoms with E-state index in [9.17, 15) is 0 Å². The SMILES string of the molecule is NCC(NCCO)c1cc(Cl)c2c(c1)OCCO2. The predicted octanol–water partition coefficient (Wildman–Crippen LogP) is 0.693. The molecule has 0 radical (unpaired) electrons. The van der Waals surface area contributed by atoms with Crippen LogP contribution in [0.25, 0.3) is 0 Å². The van der Waals surface area contributed by atoms with Crippen molar-refractivity contribution in [3.05, 3.63) is 22.7 Å². The van der Waals surface area contributed by atoms with Gasteiger partial charge in [-0.05, 0) is 17.7 Å². The number of hydrogen-bond acceptors (Lipinski definition) is 5. The molecule has 0 aliphatic carbocycles. The van der Waals surface area contributed by atoms with Gasteiger partial charge in [0.15, 0.2) is 11.5 Å². The van der Waals surface area contributed by atoms with Gasteiger partial charge in [0.25, 0.3) is 0 Å². The fourth-order valence-electron chi connectivity index (χ4n) is 1.91. The van der Waals surface area contributed by atoms with E-state index in [0.717, 1.165) is 5.56 Å². The Balaban J connectivity index is 2.24. The molecule has 18 heavy (non-hydrogen) atoms. The molecule has 1 aliphatic heterocycles. The largest absolute Gasteiger partial charge is 0.486 e. The number of rotatable bonds is 5. The number of aliphatic hydroxyl groups is 1. The van der Waals surface area contributed by atoms with Gasteiger partial charge in [-0.2, -0.15) is 0 Å². The van der Waals surface area contributed by atoms with E-state index in [0.29, 0.717) is 42.8 Å². The van der Waals surface area contributed by atoms with E-state index >= 15 is 0 Å². The van der Waals surface area contributed by atoms with E-state index in [2.05, 4.69) is 5.32 Å². The molecule has 1 aliphatic rings. The number of ether oxygens (including phenoxy) is 2. The third-order valence-electron chi connectivity index (χ3n) is 2.76. The monoisotopic (exact) mass is 272 g/mol. The molecule has 0 aromatic heterocycles. The molecule has 1 unspecified atom stereocenters. The maximum absolute atomic E-state index is 8.83. The Bertz CT molecular complexity index is 415. The van der Waals surface area contributed by atoms with Crippen molar-refractivity contribution < 1.29 is 14.6 Å². The molecule has 4 N–H and O–H groups in total. The highest BCUT2D eigenvalue weighted by Gasteiger charge is 2.19. The molecule has 1 heterocycles. The van der Waals surface area contributed by atoms with Crippen LogP contribution < -0.4 is 20.5 Å². The van der Waals surface area contributed by atoms with Crippen LogP contribution in [0.5, 0.6) is 11.5 Å². The second-order valence-corrected chi connectivity index (χ2v) is 4.40. The van der Waals surface area contributed by atoms with Gasteiger partial charge in [-0.1, -0.05) is 11.6 Å². The molecule has 1 aromatic carbocycles. The summed E-state index contributed by atoms with van der Waals surface area (Å²) in [4.78, 5) is 0. The molecule has 0 amide bonds. The second-order valence-electron chi connectivity index (χ2n) is 3.99. The molecule has 6 heteroatoms. The summed E-state index contributed by atoms with van der Waals surface area (Å²) in [5.41, 5.74) is 6.64. The van der Waals surface area contributed by atoms with Gasteiger partial charge in [-0.15, -0.1) is 0 Å². The standard InChI is InChI=1S/C12H17ClN2O3/c13-9-5-8(10(7-14)15-1-2-16)6-11-12(9)18-4-3-17-11/h5-6,10,15-16H,1-4,7,14H2. The van der Waals surface area contributed by atoms with E-state index in [1.165, 1.54) is 0 Å². The molecular formula is C12H17ClN2O3. The van der Waals surface area contributed by atoms with Crippen molar-refractivity contribution in [2.75, 3.05) is 32.9 Å². The minimum absolute atomic E-state index is 0.0643. The van der Waals surface area contributed by atoms with Crippen molar-refractivity contribution in [2.24, 2.45) is 5.73 Å². The number of nitrogens with two attached hydrogens (primary N) is 1. The zero-order valence-corrected chi connectivity index (χ0v) is 10.7. The van der Waals surface area contributed by atoms with Gasteiger partial charge in [0.05, 0.1) is 11.6 Å². The Morgan fingerprint density at radius 2 is 2.17 bits per heavy atom.